The summed E-state index contributed by atoms with van der Waals surface area (Å²) in [6, 6.07) is 11.3. The first kappa shape index (κ1) is 18.0. The minimum absolute atomic E-state index is 0.0783. The molecular formula is C18H12Cl2N2O4. The summed E-state index contributed by atoms with van der Waals surface area (Å²) < 4.78 is 9.99. The van der Waals surface area contributed by atoms with Gasteiger partial charge in [0.15, 0.2) is 5.69 Å². The summed E-state index contributed by atoms with van der Waals surface area (Å²) >= 11 is 11.9. The number of halogens is 2. The van der Waals surface area contributed by atoms with E-state index in [4.69, 9.17) is 27.6 Å². The molecule has 0 atom stereocenters. The largest absolute Gasteiger partial charge is 0.465 e. The van der Waals surface area contributed by atoms with Gasteiger partial charge in [-0.05, 0) is 36.4 Å². The second kappa shape index (κ2) is 7.59. The summed E-state index contributed by atoms with van der Waals surface area (Å²) in [4.78, 5) is 28.0. The van der Waals surface area contributed by atoms with E-state index in [1.165, 1.54) is 19.4 Å². The number of hydrogen-bond donors (Lipinski definition) is 1. The third-order valence-electron chi connectivity index (χ3n) is 3.44. The Labute approximate surface area is 158 Å². The standard InChI is InChI=1S/C18H12Cl2N2O4/c1-25-18(24)11-3-2-4-12(7-11)21-16(23)15-9-26-17(22-15)10-5-6-13(19)14(20)8-10/h2-9H,1H3,(H,21,23). The molecule has 26 heavy (non-hydrogen) atoms. The van der Waals surface area contributed by atoms with Gasteiger partial charge >= 0.3 is 5.97 Å². The fraction of sp³-hybridized carbons (Fsp3) is 0.0556. The van der Waals surface area contributed by atoms with E-state index < -0.39 is 11.9 Å². The Hall–Kier alpha value is -2.83. The smallest absolute Gasteiger partial charge is 0.337 e. The van der Waals surface area contributed by atoms with E-state index >= 15 is 0 Å². The first-order chi connectivity index (χ1) is 12.5. The molecule has 1 aromatic heterocycles. The monoisotopic (exact) mass is 390 g/mol. The van der Waals surface area contributed by atoms with Gasteiger partial charge in [-0.1, -0.05) is 29.3 Å². The number of hydrogen-bond acceptors (Lipinski definition) is 5. The highest BCUT2D eigenvalue weighted by atomic mass is 35.5. The SMILES string of the molecule is COC(=O)c1cccc(NC(=O)c2coc(-c3ccc(Cl)c(Cl)c3)n2)c1. The lowest BCUT2D eigenvalue weighted by atomic mass is 10.2. The van der Waals surface area contributed by atoms with Gasteiger partial charge in [-0.2, -0.15) is 0 Å². The van der Waals surface area contributed by atoms with Crippen LogP contribution in [0.2, 0.25) is 10.0 Å². The van der Waals surface area contributed by atoms with Crippen molar-refractivity contribution in [2.75, 3.05) is 12.4 Å². The third-order valence-corrected chi connectivity index (χ3v) is 4.18. The number of amides is 1. The van der Waals surface area contributed by atoms with Crippen LogP contribution in [0.3, 0.4) is 0 Å². The van der Waals surface area contributed by atoms with Crippen LogP contribution in [-0.4, -0.2) is 24.0 Å². The molecule has 0 fully saturated rings. The number of esters is 1. The second-order valence-electron chi connectivity index (χ2n) is 5.19. The quantitative estimate of drug-likeness (QED) is 0.653. The lowest BCUT2D eigenvalue weighted by molar-refractivity contribution is 0.0600. The highest BCUT2D eigenvalue weighted by molar-refractivity contribution is 6.42. The molecule has 1 N–H and O–H groups in total. The summed E-state index contributed by atoms with van der Waals surface area (Å²) in [6.45, 7) is 0. The highest BCUT2D eigenvalue weighted by Gasteiger charge is 2.15. The molecule has 0 saturated carbocycles. The maximum Gasteiger partial charge on any atom is 0.337 e. The first-order valence-corrected chi connectivity index (χ1v) is 8.14. The van der Waals surface area contributed by atoms with Gasteiger partial charge in [0.25, 0.3) is 5.91 Å². The van der Waals surface area contributed by atoms with Crippen molar-refractivity contribution in [1.29, 1.82) is 0 Å². The van der Waals surface area contributed by atoms with Crippen LogP contribution in [0.25, 0.3) is 11.5 Å². The number of methoxy groups -OCH3 is 1. The topological polar surface area (TPSA) is 81.4 Å². The van der Waals surface area contributed by atoms with E-state index in [2.05, 4.69) is 15.0 Å². The Bertz CT molecular complexity index is 985. The lowest BCUT2D eigenvalue weighted by Crippen LogP contribution is -2.13. The van der Waals surface area contributed by atoms with E-state index in [0.29, 0.717) is 26.9 Å². The van der Waals surface area contributed by atoms with Crippen LogP contribution in [0.5, 0.6) is 0 Å². The molecule has 8 heteroatoms. The predicted molar refractivity (Wildman–Crippen MR) is 97.7 cm³/mol. The number of anilines is 1. The van der Waals surface area contributed by atoms with E-state index in [0.717, 1.165) is 0 Å². The molecule has 0 aliphatic heterocycles. The Kier molecular flexibility index (Phi) is 5.25. The molecule has 0 bridgehead atoms. The van der Waals surface area contributed by atoms with Crippen LogP contribution in [0.15, 0.2) is 53.1 Å². The zero-order valence-electron chi connectivity index (χ0n) is 13.5. The molecular weight excluding hydrogens is 379 g/mol. The molecule has 1 heterocycles. The molecule has 3 aromatic rings. The van der Waals surface area contributed by atoms with Crippen molar-refractivity contribution in [2.24, 2.45) is 0 Å². The molecule has 0 radical (unpaired) electrons. The van der Waals surface area contributed by atoms with Crippen molar-refractivity contribution >= 4 is 40.8 Å². The van der Waals surface area contributed by atoms with Crippen molar-refractivity contribution in [3.8, 4) is 11.5 Å². The average molecular weight is 391 g/mol. The van der Waals surface area contributed by atoms with Crippen molar-refractivity contribution in [3.05, 3.63) is 70.0 Å². The second-order valence-corrected chi connectivity index (χ2v) is 6.01. The Morgan fingerprint density at radius 1 is 1.12 bits per heavy atom. The normalized spacial score (nSPS) is 10.4. The van der Waals surface area contributed by atoms with E-state index in [1.807, 2.05) is 0 Å². The van der Waals surface area contributed by atoms with Gasteiger partial charge in [-0.3, -0.25) is 4.79 Å². The molecule has 0 saturated heterocycles. The lowest BCUT2D eigenvalue weighted by Gasteiger charge is -2.05. The van der Waals surface area contributed by atoms with Gasteiger partial charge in [0.1, 0.15) is 6.26 Å². The molecule has 2 aromatic carbocycles. The van der Waals surface area contributed by atoms with Crippen LogP contribution in [-0.2, 0) is 4.74 Å². The van der Waals surface area contributed by atoms with E-state index in [9.17, 15) is 9.59 Å². The van der Waals surface area contributed by atoms with Gasteiger partial charge < -0.3 is 14.5 Å². The predicted octanol–water partition coefficient (Wildman–Crippen LogP) is 4.69. The number of nitrogens with one attached hydrogen (secondary N) is 1. The molecule has 0 spiro atoms. The summed E-state index contributed by atoms with van der Waals surface area (Å²) in [6.07, 6.45) is 1.23. The zero-order chi connectivity index (χ0) is 18.7. The summed E-state index contributed by atoms with van der Waals surface area (Å²) in [7, 11) is 1.29. The van der Waals surface area contributed by atoms with Crippen molar-refractivity contribution in [3.63, 3.8) is 0 Å². The van der Waals surface area contributed by atoms with Gasteiger partial charge in [0, 0.05) is 11.3 Å². The minimum Gasteiger partial charge on any atom is -0.465 e. The van der Waals surface area contributed by atoms with Crippen LogP contribution in [0, 0.1) is 0 Å². The Balaban J connectivity index is 1.78. The number of oxazole rings is 1. The van der Waals surface area contributed by atoms with Crippen LogP contribution in [0.4, 0.5) is 5.69 Å². The van der Waals surface area contributed by atoms with E-state index in [1.54, 1.807) is 36.4 Å². The highest BCUT2D eigenvalue weighted by Crippen LogP contribution is 2.28. The van der Waals surface area contributed by atoms with Gasteiger partial charge in [0.2, 0.25) is 5.89 Å². The van der Waals surface area contributed by atoms with E-state index in [-0.39, 0.29) is 11.6 Å². The number of rotatable bonds is 4. The number of carbonyl (C=O) groups is 2. The Morgan fingerprint density at radius 2 is 1.92 bits per heavy atom. The van der Waals surface area contributed by atoms with Gasteiger partial charge in [-0.15, -0.1) is 0 Å². The van der Waals surface area contributed by atoms with Crippen molar-refractivity contribution < 1.29 is 18.7 Å². The van der Waals surface area contributed by atoms with Crippen molar-refractivity contribution in [1.82, 2.24) is 4.98 Å². The number of carbonyl (C=O) groups excluding carboxylic acids is 2. The van der Waals surface area contributed by atoms with Gasteiger partial charge in [-0.25, -0.2) is 9.78 Å². The van der Waals surface area contributed by atoms with Crippen LogP contribution < -0.4 is 5.32 Å². The first-order valence-electron chi connectivity index (χ1n) is 7.38. The maximum atomic E-state index is 12.3. The number of ether oxygens (including phenoxy) is 1. The third kappa shape index (κ3) is 3.87. The number of nitrogens with zero attached hydrogens (tertiary/aromatic N) is 1. The molecule has 132 valence electrons. The van der Waals surface area contributed by atoms with Crippen LogP contribution >= 0.6 is 23.2 Å². The molecule has 0 unspecified atom stereocenters. The molecule has 6 nitrogen and oxygen atoms in total. The number of benzene rings is 2. The zero-order valence-corrected chi connectivity index (χ0v) is 15.0. The molecule has 3 rings (SSSR count). The Morgan fingerprint density at radius 3 is 2.65 bits per heavy atom. The molecule has 0 aliphatic carbocycles. The maximum absolute atomic E-state index is 12.3. The average Bonchev–Trinajstić information content (AvgIpc) is 3.14. The summed E-state index contributed by atoms with van der Waals surface area (Å²) in [5.74, 6) is -0.747. The van der Waals surface area contributed by atoms with Crippen molar-refractivity contribution in [2.45, 2.75) is 0 Å². The molecule has 0 aliphatic rings. The molecule has 1 amide bonds. The minimum atomic E-state index is -0.496. The number of aromatic nitrogens is 1. The summed E-state index contributed by atoms with van der Waals surface area (Å²) in [5, 5.41) is 3.41. The van der Waals surface area contributed by atoms with Gasteiger partial charge in [0.05, 0.1) is 22.7 Å². The van der Waals surface area contributed by atoms with Crippen LogP contribution in [0.1, 0.15) is 20.8 Å². The fourth-order valence-corrected chi connectivity index (χ4v) is 2.47. The fourth-order valence-electron chi connectivity index (χ4n) is 2.18. The summed E-state index contributed by atoms with van der Waals surface area (Å²) in [5.41, 5.74) is 1.42.